The van der Waals surface area contributed by atoms with E-state index in [1.807, 2.05) is 60.5 Å². The zero-order chi connectivity index (χ0) is 29.3. The molecular weight excluding hydrogens is 536 g/mol. The van der Waals surface area contributed by atoms with Crippen LogP contribution in [-0.2, 0) is 28.5 Å². The minimum Gasteiger partial charge on any atom is -0.874 e. The predicted octanol–water partition coefficient (Wildman–Crippen LogP) is 2.86. The van der Waals surface area contributed by atoms with Crippen molar-refractivity contribution in [1.82, 2.24) is 0 Å². The summed E-state index contributed by atoms with van der Waals surface area (Å²) in [6.07, 6.45) is 6.15. The molecule has 0 bridgehead atoms. The minimum absolute atomic E-state index is 0.160. The van der Waals surface area contributed by atoms with Crippen LogP contribution in [0.5, 0.6) is 0 Å². The molecule has 5 rings (SSSR count). The molecule has 0 aromatic heterocycles. The van der Waals surface area contributed by atoms with Gasteiger partial charge in [0.05, 0.1) is 52.1 Å². The van der Waals surface area contributed by atoms with E-state index in [1.54, 1.807) is 18.2 Å². The van der Waals surface area contributed by atoms with Crippen molar-refractivity contribution in [2.45, 2.75) is 12.3 Å². The number of rotatable bonds is 8. The van der Waals surface area contributed by atoms with E-state index in [1.165, 1.54) is 0 Å². The van der Waals surface area contributed by atoms with Crippen LogP contribution in [0.1, 0.15) is 23.5 Å². The molecule has 2 aliphatic carbocycles. The fraction of sp³-hybridized carbons (Fsp3) is 0.394. The first-order valence-electron chi connectivity index (χ1n) is 14.4. The number of benzene rings is 2. The van der Waals surface area contributed by atoms with Crippen molar-refractivity contribution < 1.29 is 33.6 Å². The number of allylic oxidation sites excluding steroid dienone is 5. The van der Waals surface area contributed by atoms with E-state index in [2.05, 4.69) is 4.90 Å². The summed E-state index contributed by atoms with van der Waals surface area (Å²) >= 11 is 0. The summed E-state index contributed by atoms with van der Waals surface area (Å²) in [6.45, 7) is 5.53. The van der Waals surface area contributed by atoms with Crippen LogP contribution in [0.25, 0.3) is 5.57 Å². The lowest BCUT2D eigenvalue weighted by molar-refractivity contribution is -0.310. The molecule has 9 heteroatoms. The van der Waals surface area contributed by atoms with Gasteiger partial charge in [0.25, 0.3) is 0 Å². The van der Waals surface area contributed by atoms with Crippen molar-refractivity contribution in [1.29, 1.82) is 0 Å². The van der Waals surface area contributed by atoms with Gasteiger partial charge in [-0.1, -0.05) is 42.5 Å². The summed E-state index contributed by atoms with van der Waals surface area (Å²) in [7, 11) is 1.90. The molecule has 9 nitrogen and oxygen atoms in total. The molecule has 1 heterocycles. The molecule has 0 N–H and O–H groups in total. The number of Topliss-reactive ketones (excluding diaryl/α,β-unsaturated/α-hetero) is 1. The van der Waals surface area contributed by atoms with Crippen LogP contribution in [0.15, 0.2) is 78.1 Å². The van der Waals surface area contributed by atoms with E-state index >= 15 is 0 Å². The summed E-state index contributed by atoms with van der Waals surface area (Å²) in [6, 6.07) is 15.0. The van der Waals surface area contributed by atoms with Crippen LogP contribution in [0.4, 0.5) is 11.4 Å². The Balaban J connectivity index is 1.17. The Morgan fingerprint density at radius 1 is 0.952 bits per heavy atom. The van der Waals surface area contributed by atoms with E-state index < -0.39 is 5.92 Å². The summed E-state index contributed by atoms with van der Waals surface area (Å²) in [5, 5.41) is 13.1. The van der Waals surface area contributed by atoms with Gasteiger partial charge >= 0.3 is 5.97 Å². The Morgan fingerprint density at radius 2 is 1.60 bits per heavy atom. The maximum absolute atomic E-state index is 13.1. The highest BCUT2D eigenvalue weighted by Gasteiger charge is 2.35. The number of carbonyl (C=O) groups is 2. The van der Waals surface area contributed by atoms with Gasteiger partial charge in [-0.15, -0.1) is 5.76 Å². The molecular formula is C33H37N2O7-. The predicted molar refractivity (Wildman–Crippen MR) is 158 cm³/mol. The van der Waals surface area contributed by atoms with Crippen molar-refractivity contribution in [2.24, 2.45) is 0 Å². The molecule has 0 spiro atoms. The number of hydrogen-bond acceptors (Lipinski definition) is 9. The quantitative estimate of drug-likeness (QED) is 0.442. The molecule has 2 aromatic carbocycles. The number of likely N-dealkylation sites (N-methyl/N-ethyl adjacent to an activating group) is 1. The number of carbonyl (C=O) groups excluding carboxylic acids is 2. The van der Waals surface area contributed by atoms with E-state index in [4.69, 9.17) is 18.9 Å². The van der Waals surface area contributed by atoms with E-state index in [0.717, 1.165) is 11.4 Å². The van der Waals surface area contributed by atoms with Gasteiger partial charge in [-0.2, -0.15) is 0 Å². The van der Waals surface area contributed by atoms with Crippen LogP contribution in [0.2, 0.25) is 0 Å². The number of ether oxygens (including phenoxy) is 4. The van der Waals surface area contributed by atoms with Crippen LogP contribution in [0.3, 0.4) is 0 Å². The number of nitrogens with zero attached hydrogens (tertiary/aromatic N) is 2. The highest BCUT2D eigenvalue weighted by molar-refractivity contribution is 6.31. The lowest BCUT2D eigenvalue weighted by Gasteiger charge is -2.37. The first-order chi connectivity index (χ1) is 20.5. The largest absolute Gasteiger partial charge is 0.874 e. The van der Waals surface area contributed by atoms with E-state index in [0.29, 0.717) is 82.4 Å². The number of esters is 1. The summed E-state index contributed by atoms with van der Waals surface area (Å²) < 4.78 is 22.1. The Bertz CT molecular complexity index is 1320. The molecule has 1 unspecified atom stereocenters. The maximum atomic E-state index is 13.1. The zero-order valence-corrected chi connectivity index (χ0v) is 24.0. The molecule has 1 aliphatic heterocycles. The Hall–Kier alpha value is -3.92. The molecule has 3 aliphatic rings. The van der Waals surface area contributed by atoms with Crippen molar-refractivity contribution in [3.8, 4) is 0 Å². The molecule has 2 aromatic rings. The number of ketones is 1. The third-order valence-corrected chi connectivity index (χ3v) is 7.65. The van der Waals surface area contributed by atoms with E-state index in [9.17, 15) is 14.7 Å². The Kier molecular flexibility index (Phi) is 10.1. The average molecular weight is 574 g/mol. The normalized spacial score (nSPS) is 19.9. The molecule has 1 saturated heterocycles. The molecule has 0 amide bonds. The van der Waals surface area contributed by atoms with Gasteiger partial charge in [-0.05, 0) is 41.8 Å². The van der Waals surface area contributed by atoms with Crippen molar-refractivity contribution in [3.63, 3.8) is 0 Å². The molecule has 222 valence electrons. The molecule has 1 atom stereocenters. The minimum atomic E-state index is -0.769. The number of anilines is 2. The van der Waals surface area contributed by atoms with Gasteiger partial charge in [0.1, 0.15) is 6.61 Å². The summed E-state index contributed by atoms with van der Waals surface area (Å²) in [5.41, 5.74) is 4.11. The van der Waals surface area contributed by atoms with Crippen LogP contribution in [0, 0.1) is 0 Å². The van der Waals surface area contributed by atoms with Gasteiger partial charge in [0, 0.05) is 42.7 Å². The van der Waals surface area contributed by atoms with Crippen LogP contribution >= 0.6 is 0 Å². The van der Waals surface area contributed by atoms with Crippen molar-refractivity contribution >= 4 is 28.7 Å². The molecule has 42 heavy (non-hydrogen) atoms. The van der Waals surface area contributed by atoms with Gasteiger partial charge in [-0.3, -0.25) is 4.79 Å². The van der Waals surface area contributed by atoms with Crippen LogP contribution in [-0.4, -0.2) is 84.7 Å². The summed E-state index contributed by atoms with van der Waals surface area (Å²) in [5.74, 6) is -1.38. The van der Waals surface area contributed by atoms with Gasteiger partial charge in [0.2, 0.25) is 0 Å². The van der Waals surface area contributed by atoms with Gasteiger partial charge < -0.3 is 33.9 Å². The average Bonchev–Trinajstić information content (AvgIpc) is 3.54. The third-order valence-electron chi connectivity index (χ3n) is 7.65. The lowest BCUT2D eigenvalue weighted by atomic mass is 9.75. The smallest absolute Gasteiger partial charge is 0.334 e. The third kappa shape index (κ3) is 7.10. The van der Waals surface area contributed by atoms with E-state index in [-0.39, 0.29) is 29.7 Å². The zero-order valence-electron chi connectivity index (χ0n) is 24.0. The van der Waals surface area contributed by atoms with Crippen molar-refractivity contribution in [3.05, 3.63) is 89.2 Å². The molecule has 0 saturated carbocycles. The monoisotopic (exact) mass is 573 g/mol. The first kappa shape index (κ1) is 29.6. The highest BCUT2D eigenvalue weighted by atomic mass is 16.5. The highest BCUT2D eigenvalue weighted by Crippen LogP contribution is 2.42. The second kappa shape index (κ2) is 14.3. The second-order valence-electron chi connectivity index (χ2n) is 10.4. The SMILES string of the molecule is CN(CCOC(=O)C1=CC=CC1)c1ccc(C2=C([O-])C(c3ccc(N4CCOCCOCCOCC4)cc3)C2=O)cc1. The molecule has 0 radical (unpaired) electrons. The summed E-state index contributed by atoms with van der Waals surface area (Å²) in [4.78, 5) is 29.3. The maximum Gasteiger partial charge on any atom is 0.334 e. The topological polar surface area (TPSA) is 101 Å². The fourth-order valence-electron chi connectivity index (χ4n) is 5.16. The first-order valence-corrected chi connectivity index (χ1v) is 14.4. The van der Waals surface area contributed by atoms with Crippen LogP contribution < -0.4 is 14.9 Å². The second-order valence-corrected chi connectivity index (χ2v) is 10.4. The Morgan fingerprint density at radius 3 is 2.19 bits per heavy atom. The van der Waals surface area contributed by atoms with Crippen molar-refractivity contribution in [2.75, 3.05) is 82.7 Å². The fourth-order valence-corrected chi connectivity index (χ4v) is 5.16. The number of hydrogen-bond donors (Lipinski definition) is 0. The van der Waals surface area contributed by atoms with Gasteiger partial charge in [0.15, 0.2) is 5.78 Å². The lowest BCUT2D eigenvalue weighted by Crippen LogP contribution is -2.35. The Labute approximate surface area is 246 Å². The molecule has 1 fully saturated rings. The van der Waals surface area contributed by atoms with Gasteiger partial charge in [-0.25, -0.2) is 4.79 Å². The standard InChI is InChI=1S/C33H38N2O7/c1-34(14-19-42-33(38)26-4-2-3-5-26)27-10-6-24(7-11-27)29-31(36)30(32(29)37)25-8-12-28(13-9-25)35-15-17-39-20-22-41-23-21-40-18-16-35/h2-4,6-13,30,36H,5,14-23H2,1H3/p-1.